The molecule has 0 spiro atoms. The van der Waals surface area contributed by atoms with Crippen LogP contribution in [-0.4, -0.2) is 25.7 Å². The van der Waals surface area contributed by atoms with Gasteiger partial charge < -0.3 is 14.8 Å². The fourth-order valence-corrected chi connectivity index (χ4v) is 1.78. The maximum absolute atomic E-state index is 11.6. The molecule has 0 amide bonds. The molecule has 1 aliphatic heterocycles. The molecule has 0 atom stereocenters. The van der Waals surface area contributed by atoms with Gasteiger partial charge in [-0.05, 0) is 32.0 Å². The SMILES string of the molecule is CCOC(=O)c1ccc2c(c1)OCCCNC2.[HH]. The van der Waals surface area contributed by atoms with E-state index in [1.807, 2.05) is 6.07 Å². The number of carbonyl (C=O) groups excluding carboxylic acids is 1. The average molecular weight is 237 g/mol. The number of hydrogen-bond acceptors (Lipinski definition) is 4. The monoisotopic (exact) mass is 237 g/mol. The smallest absolute Gasteiger partial charge is 0.338 e. The summed E-state index contributed by atoms with van der Waals surface area (Å²) in [7, 11) is 0. The third kappa shape index (κ3) is 2.97. The van der Waals surface area contributed by atoms with Crippen LogP contribution >= 0.6 is 0 Å². The van der Waals surface area contributed by atoms with Crippen LogP contribution in [0.4, 0.5) is 0 Å². The van der Waals surface area contributed by atoms with Crippen molar-refractivity contribution in [2.45, 2.75) is 19.9 Å². The zero-order valence-corrected chi connectivity index (χ0v) is 9.99. The molecule has 4 nitrogen and oxygen atoms in total. The number of nitrogens with one attached hydrogen (secondary N) is 1. The molecule has 0 aromatic heterocycles. The van der Waals surface area contributed by atoms with Crippen molar-refractivity contribution >= 4 is 5.97 Å². The fourth-order valence-electron chi connectivity index (χ4n) is 1.78. The minimum Gasteiger partial charge on any atom is -0.493 e. The van der Waals surface area contributed by atoms with Crippen molar-refractivity contribution < 1.29 is 15.7 Å². The Morgan fingerprint density at radius 2 is 2.47 bits per heavy atom. The lowest BCUT2D eigenvalue weighted by atomic mass is 10.1. The average Bonchev–Trinajstić information content (AvgIpc) is 2.30. The molecular formula is C13H19NO3. The van der Waals surface area contributed by atoms with Gasteiger partial charge in [-0.3, -0.25) is 0 Å². The summed E-state index contributed by atoms with van der Waals surface area (Å²) in [5, 5.41) is 3.32. The van der Waals surface area contributed by atoms with Gasteiger partial charge in [-0.15, -0.1) is 0 Å². The molecule has 1 aromatic carbocycles. The second-order valence-electron chi connectivity index (χ2n) is 3.92. The first-order valence-corrected chi connectivity index (χ1v) is 5.95. The minimum absolute atomic E-state index is 0. The minimum atomic E-state index is -0.297. The molecule has 1 aromatic rings. The van der Waals surface area contributed by atoms with Crippen molar-refractivity contribution in [2.24, 2.45) is 0 Å². The summed E-state index contributed by atoms with van der Waals surface area (Å²) in [5.41, 5.74) is 1.63. The van der Waals surface area contributed by atoms with E-state index < -0.39 is 0 Å². The number of rotatable bonds is 2. The summed E-state index contributed by atoms with van der Waals surface area (Å²) in [6.45, 7) is 4.59. The normalized spacial score (nSPS) is 15.1. The molecule has 0 bridgehead atoms. The van der Waals surface area contributed by atoms with Crippen LogP contribution in [0.25, 0.3) is 0 Å². The topological polar surface area (TPSA) is 47.6 Å². The lowest BCUT2D eigenvalue weighted by Crippen LogP contribution is -2.21. The first-order valence-electron chi connectivity index (χ1n) is 5.95. The zero-order chi connectivity index (χ0) is 12.1. The van der Waals surface area contributed by atoms with E-state index in [0.29, 0.717) is 18.8 Å². The highest BCUT2D eigenvalue weighted by Crippen LogP contribution is 2.22. The van der Waals surface area contributed by atoms with Crippen molar-refractivity contribution in [1.82, 2.24) is 5.32 Å². The van der Waals surface area contributed by atoms with Gasteiger partial charge in [0, 0.05) is 13.5 Å². The molecule has 0 aliphatic carbocycles. The number of ether oxygens (including phenoxy) is 2. The lowest BCUT2D eigenvalue weighted by molar-refractivity contribution is 0.0526. The highest BCUT2D eigenvalue weighted by molar-refractivity contribution is 5.90. The van der Waals surface area contributed by atoms with Gasteiger partial charge >= 0.3 is 5.97 Å². The van der Waals surface area contributed by atoms with Crippen LogP contribution in [0.3, 0.4) is 0 Å². The highest BCUT2D eigenvalue weighted by Gasteiger charge is 2.12. The van der Waals surface area contributed by atoms with Crippen molar-refractivity contribution in [3.8, 4) is 5.75 Å². The third-order valence-electron chi connectivity index (χ3n) is 2.65. The fraction of sp³-hybridized carbons (Fsp3) is 0.462. The molecule has 0 fully saturated rings. The Morgan fingerprint density at radius 1 is 1.59 bits per heavy atom. The van der Waals surface area contributed by atoms with Crippen molar-refractivity contribution in [3.05, 3.63) is 29.3 Å². The Labute approximate surface area is 102 Å². The molecule has 0 unspecified atom stereocenters. The molecule has 4 heteroatoms. The van der Waals surface area contributed by atoms with Crippen LogP contribution in [0.15, 0.2) is 18.2 Å². The first kappa shape index (κ1) is 11.9. The van der Waals surface area contributed by atoms with Crippen molar-refractivity contribution in [1.29, 1.82) is 0 Å². The van der Waals surface area contributed by atoms with Crippen LogP contribution < -0.4 is 10.1 Å². The van der Waals surface area contributed by atoms with Crippen LogP contribution in [0, 0.1) is 0 Å². The van der Waals surface area contributed by atoms with E-state index >= 15 is 0 Å². The van der Waals surface area contributed by atoms with Gasteiger partial charge in [0.25, 0.3) is 0 Å². The van der Waals surface area contributed by atoms with Gasteiger partial charge in [-0.2, -0.15) is 0 Å². The van der Waals surface area contributed by atoms with Gasteiger partial charge in [0.1, 0.15) is 5.75 Å². The van der Waals surface area contributed by atoms with Crippen molar-refractivity contribution in [3.63, 3.8) is 0 Å². The first-order chi connectivity index (χ1) is 8.31. The molecular weight excluding hydrogens is 218 g/mol. The van der Waals surface area contributed by atoms with E-state index in [2.05, 4.69) is 5.32 Å². The molecule has 0 saturated carbocycles. The van der Waals surface area contributed by atoms with Crippen LogP contribution in [0.2, 0.25) is 0 Å². The maximum atomic E-state index is 11.6. The van der Waals surface area contributed by atoms with E-state index in [9.17, 15) is 4.79 Å². The molecule has 0 saturated heterocycles. The van der Waals surface area contributed by atoms with E-state index in [-0.39, 0.29) is 7.40 Å². The van der Waals surface area contributed by atoms with Crippen LogP contribution in [-0.2, 0) is 11.3 Å². The highest BCUT2D eigenvalue weighted by atomic mass is 16.5. The van der Waals surface area contributed by atoms with Crippen LogP contribution in [0.5, 0.6) is 5.75 Å². The number of carbonyl (C=O) groups is 1. The predicted molar refractivity (Wildman–Crippen MR) is 66.3 cm³/mol. The molecule has 0 radical (unpaired) electrons. The lowest BCUT2D eigenvalue weighted by Gasteiger charge is -2.16. The second kappa shape index (κ2) is 5.68. The molecule has 2 rings (SSSR count). The zero-order valence-electron chi connectivity index (χ0n) is 9.99. The van der Waals surface area contributed by atoms with Crippen molar-refractivity contribution in [2.75, 3.05) is 19.8 Å². The number of benzene rings is 1. The summed E-state index contributed by atoms with van der Waals surface area (Å²) < 4.78 is 10.6. The van der Waals surface area contributed by atoms with Gasteiger partial charge in [0.2, 0.25) is 0 Å². The summed E-state index contributed by atoms with van der Waals surface area (Å²) in [6, 6.07) is 5.46. The number of fused-ring (bicyclic) bond motifs is 1. The second-order valence-corrected chi connectivity index (χ2v) is 3.92. The van der Waals surface area contributed by atoms with E-state index in [4.69, 9.17) is 9.47 Å². The molecule has 94 valence electrons. The van der Waals surface area contributed by atoms with Gasteiger partial charge in [0.05, 0.1) is 18.8 Å². The predicted octanol–water partition coefficient (Wildman–Crippen LogP) is 1.98. The van der Waals surface area contributed by atoms with E-state index in [1.165, 1.54) is 0 Å². The van der Waals surface area contributed by atoms with Gasteiger partial charge in [-0.25, -0.2) is 4.79 Å². The van der Waals surface area contributed by atoms with Gasteiger partial charge in [0.15, 0.2) is 0 Å². The Bertz CT molecular complexity index is 409. The number of hydrogen-bond donors (Lipinski definition) is 1. The van der Waals surface area contributed by atoms with Gasteiger partial charge in [-0.1, -0.05) is 6.07 Å². The summed E-state index contributed by atoms with van der Waals surface area (Å²) in [6.07, 6.45) is 0.975. The summed E-state index contributed by atoms with van der Waals surface area (Å²) >= 11 is 0. The third-order valence-corrected chi connectivity index (χ3v) is 2.65. The molecule has 1 N–H and O–H groups in total. The number of esters is 1. The Morgan fingerprint density at radius 3 is 3.29 bits per heavy atom. The Balaban J connectivity index is 0.00000162. The Hall–Kier alpha value is -1.55. The molecule has 1 heterocycles. The summed E-state index contributed by atoms with van der Waals surface area (Å²) in [4.78, 5) is 11.6. The molecule has 17 heavy (non-hydrogen) atoms. The largest absolute Gasteiger partial charge is 0.493 e. The maximum Gasteiger partial charge on any atom is 0.338 e. The summed E-state index contributed by atoms with van der Waals surface area (Å²) in [5.74, 6) is 0.483. The standard InChI is InChI=1S/C13H17NO3.H2/c1-2-16-13(15)10-4-5-11-9-14-6-3-7-17-12(11)8-10;/h4-5,8,14H,2-3,6-7,9H2,1H3;1H. The van der Waals surface area contributed by atoms with Crippen LogP contribution in [0.1, 0.15) is 30.7 Å². The van der Waals surface area contributed by atoms with E-state index in [1.54, 1.807) is 19.1 Å². The Kier molecular flexibility index (Phi) is 3.98. The molecule has 1 aliphatic rings. The quantitative estimate of drug-likeness (QED) is 0.799. The van der Waals surface area contributed by atoms with E-state index in [0.717, 1.165) is 30.8 Å².